The van der Waals surface area contributed by atoms with Crippen LogP contribution in [0, 0.1) is 5.92 Å². The van der Waals surface area contributed by atoms with E-state index in [9.17, 15) is 18.0 Å². The molecule has 1 fully saturated rings. The summed E-state index contributed by atoms with van der Waals surface area (Å²) in [5.41, 5.74) is 0. The van der Waals surface area contributed by atoms with E-state index in [1.54, 1.807) is 14.0 Å². The van der Waals surface area contributed by atoms with Crippen LogP contribution in [0.4, 0.5) is 0 Å². The molecule has 0 bridgehead atoms. The van der Waals surface area contributed by atoms with Crippen molar-refractivity contribution in [2.24, 2.45) is 5.92 Å². The molecule has 0 saturated carbocycles. The number of sulfonamides is 1. The molecule has 1 atom stereocenters. The lowest BCUT2D eigenvalue weighted by molar-refractivity contribution is -0.139. The minimum Gasteiger partial charge on any atom is -0.481 e. The van der Waals surface area contributed by atoms with Crippen LogP contribution in [0.3, 0.4) is 0 Å². The van der Waals surface area contributed by atoms with Crippen LogP contribution in [0.1, 0.15) is 26.2 Å². The Morgan fingerprint density at radius 1 is 1.40 bits per heavy atom. The molecule has 0 aromatic heterocycles. The summed E-state index contributed by atoms with van der Waals surface area (Å²) in [7, 11) is -1.72. The van der Waals surface area contributed by atoms with Crippen LogP contribution in [-0.2, 0) is 19.6 Å². The highest BCUT2D eigenvalue weighted by Crippen LogP contribution is 2.21. The molecule has 20 heavy (non-hydrogen) atoms. The molecule has 1 N–H and O–H groups in total. The van der Waals surface area contributed by atoms with Crippen molar-refractivity contribution >= 4 is 21.9 Å². The van der Waals surface area contributed by atoms with Gasteiger partial charge in [-0.2, -0.15) is 0 Å². The lowest BCUT2D eigenvalue weighted by atomic mass is 9.98. The highest BCUT2D eigenvalue weighted by molar-refractivity contribution is 7.89. The molecule has 1 saturated heterocycles. The summed E-state index contributed by atoms with van der Waals surface area (Å²) < 4.78 is 25.0. The van der Waals surface area contributed by atoms with E-state index in [4.69, 9.17) is 5.11 Å². The Hall–Kier alpha value is -1.15. The second-order valence-corrected chi connectivity index (χ2v) is 7.26. The molecule has 0 aromatic rings. The van der Waals surface area contributed by atoms with E-state index in [1.165, 1.54) is 9.21 Å². The summed E-state index contributed by atoms with van der Waals surface area (Å²) in [6.07, 6.45) is 1.19. The zero-order chi connectivity index (χ0) is 15.3. The van der Waals surface area contributed by atoms with Crippen molar-refractivity contribution in [3.8, 4) is 0 Å². The third-order valence-electron chi connectivity index (χ3n) is 3.53. The van der Waals surface area contributed by atoms with Crippen molar-refractivity contribution < 1.29 is 23.1 Å². The molecule has 1 rings (SSSR count). The number of aliphatic carboxylic acids is 1. The van der Waals surface area contributed by atoms with Gasteiger partial charge in [0.1, 0.15) is 0 Å². The van der Waals surface area contributed by atoms with Crippen LogP contribution in [0.5, 0.6) is 0 Å². The molecule has 0 aliphatic carbocycles. The Balaban J connectivity index is 2.62. The molecule has 8 heteroatoms. The fraction of sp³-hybridized carbons (Fsp3) is 0.833. The molecule has 1 heterocycles. The second kappa shape index (κ2) is 7.03. The zero-order valence-electron chi connectivity index (χ0n) is 11.9. The van der Waals surface area contributed by atoms with Crippen molar-refractivity contribution in [2.45, 2.75) is 26.2 Å². The number of piperidine rings is 1. The highest BCUT2D eigenvalue weighted by Gasteiger charge is 2.32. The number of amides is 1. The number of carbonyl (C=O) groups excluding carboxylic acids is 1. The summed E-state index contributed by atoms with van der Waals surface area (Å²) in [6.45, 7) is 2.39. The second-order valence-electron chi connectivity index (χ2n) is 5.00. The summed E-state index contributed by atoms with van der Waals surface area (Å²) in [4.78, 5) is 24.1. The van der Waals surface area contributed by atoms with E-state index in [2.05, 4.69) is 0 Å². The van der Waals surface area contributed by atoms with Gasteiger partial charge in [-0.05, 0) is 19.8 Å². The Kier molecular flexibility index (Phi) is 5.94. The Morgan fingerprint density at radius 2 is 2.05 bits per heavy atom. The van der Waals surface area contributed by atoms with Crippen molar-refractivity contribution in [2.75, 3.05) is 32.4 Å². The van der Waals surface area contributed by atoms with Gasteiger partial charge < -0.3 is 10.0 Å². The van der Waals surface area contributed by atoms with E-state index in [0.29, 0.717) is 19.4 Å². The van der Waals surface area contributed by atoms with Gasteiger partial charge in [-0.15, -0.1) is 0 Å². The van der Waals surface area contributed by atoms with E-state index in [0.717, 1.165) is 0 Å². The number of hydrogen-bond acceptors (Lipinski definition) is 4. The SMILES string of the molecule is CCS(=O)(=O)N1CCCC(C(=O)N(C)CCC(=O)O)C1. The highest BCUT2D eigenvalue weighted by atomic mass is 32.2. The van der Waals surface area contributed by atoms with Crippen LogP contribution in [0.2, 0.25) is 0 Å². The van der Waals surface area contributed by atoms with Gasteiger partial charge in [0.05, 0.1) is 18.1 Å². The van der Waals surface area contributed by atoms with Crippen molar-refractivity contribution in [3.63, 3.8) is 0 Å². The zero-order valence-corrected chi connectivity index (χ0v) is 12.7. The molecule has 0 aromatic carbocycles. The Labute approximate surface area is 119 Å². The minimum absolute atomic E-state index is 0.0305. The third kappa shape index (κ3) is 4.45. The van der Waals surface area contributed by atoms with Gasteiger partial charge in [0.2, 0.25) is 15.9 Å². The Bertz CT molecular complexity index is 462. The monoisotopic (exact) mass is 306 g/mol. The number of hydrogen-bond donors (Lipinski definition) is 1. The first kappa shape index (κ1) is 16.9. The molecular formula is C12H22N2O5S. The topological polar surface area (TPSA) is 95.0 Å². The first-order chi connectivity index (χ1) is 9.27. The van der Waals surface area contributed by atoms with Crippen LogP contribution in [-0.4, -0.2) is 67.0 Å². The lowest BCUT2D eigenvalue weighted by Gasteiger charge is -2.32. The Morgan fingerprint density at radius 3 is 2.60 bits per heavy atom. The number of rotatable bonds is 6. The molecule has 1 aliphatic heterocycles. The average molecular weight is 306 g/mol. The molecule has 0 radical (unpaired) electrons. The number of carbonyl (C=O) groups is 2. The quantitative estimate of drug-likeness (QED) is 0.744. The van der Waals surface area contributed by atoms with Gasteiger partial charge >= 0.3 is 5.97 Å². The van der Waals surface area contributed by atoms with Crippen LogP contribution < -0.4 is 0 Å². The standard InChI is InChI=1S/C12H22N2O5S/c1-3-20(18,19)14-7-4-5-10(9-14)12(17)13(2)8-6-11(15)16/h10H,3-9H2,1-2H3,(H,15,16). The molecular weight excluding hydrogens is 284 g/mol. The molecule has 1 unspecified atom stereocenters. The van der Waals surface area contributed by atoms with Crippen LogP contribution in [0.15, 0.2) is 0 Å². The first-order valence-electron chi connectivity index (χ1n) is 6.72. The molecule has 1 aliphatic rings. The van der Waals surface area contributed by atoms with Gasteiger partial charge in [-0.25, -0.2) is 12.7 Å². The van der Waals surface area contributed by atoms with E-state index >= 15 is 0 Å². The smallest absolute Gasteiger partial charge is 0.305 e. The number of carboxylic acids is 1. The summed E-state index contributed by atoms with van der Waals surface area (Å²) in [6, 6.07) is 0. The van der Waals surface area contributed by atoms with Gasteiger partial charge in [0, 0.05) is 26.7 Å². The summed E-state index contributed by atoms with van der Waals surface area (Å²) in [5.74, 6) is -1.47. The minimum atomic E-state index is -3.27. The molecule has 7 nitrogen and oxygen atoms in total. The fourth-order valence-electron chi connectivity index (χ4n) is 2.26. The number of carboxylic acid groups (broad SMARTS) is 1. The largest absolute Gasteiger partial charge is 0.481 e. The van der Waals surface area contributed by atoms with Crippen molar-refractivity contribution in [1.29, 1.82) is 0 Å². The maximum atomic E-state index is 12.2. The maximum Gasteiger partial charge on any atom is 0.305 e. The van der Waals surface area contributed by atoms with Crippen LogP contribution in [0.25, 0.3) is 0 Å². The molecule has 0 spiro atoms. The van der Waals surface area contributed by atoms with E-state index in [1.807, 2.05) is 0 Å². The lowest BCUT2D eigenvalue weighted by Crippen LogP contribution is -2.46. The predicted molar refractivity (Wildman–Crippen MR) is 73.6 cm³/mol. The van der Waals surface area contributed by atoms with Crippen molar-refractivity contribution in [3.05, 3.63) is 0 Å². The summed E-state index contributed by atoms with van der Waals surface area (Å²) >= 11 is 0. The maximum absolute atomic E-state index is 12.2. The normalized spacial score (nSPS) is 20.6. The van der Waals surface area contributed by atoms with E-state index < -0.39 is 16.0 Å². The third-order valence-corrected chi connectivity index (χ3v) is 5.38. The average Bonchev–Trinajstić information content (AvgIpc) is 2.44. The predicted octanol–water partition coefficient (Wildman–Crippen LogP) is -0.0188. The van der Waals surface area contributed by atoms with Gasteiger partial charge in [-0.3, -0.25) is 9.59 Å². The van der Waals surface area contributed by atoms with Gasteiger partial charge in [0.15, 0.2) is 0 Å². The molecule has 116 valence electrons. The van der Waals surface area contributed by atoms with Gasteiger partial charge in [-0.1, -0.05) is 0 Å². The van der Waals surface area contributed by atoms with Crippen LogP contribution >= 0.6 is 0 Å². The first-order valence-corrected chi connectivity index (χ1v) is 8.33. The fourth-order valence-corrected chi connectivity index (χ4v) is 3.44. The molecule has 1 amide bonds. The van der Waals surface area contributed by atoms with Gasteiger partial charge in [0.25, 0.3) is 0 Å². The van der Waals surface area contributed by atoms with E-state index in [-0.39, 0.29) is 37.1 Å². The number of nitrogens with zero attached hydrogens (tertiary/aromatic N) is 2. The summed E-state index contributed by atoms with van der Waals surface area (Å²) in [5, 5.41) is 8.61. The van der Waals surface area contributed by atoms with Crippen molar-refractivity contribution in [1.82, 2.24) is 9.21 Å².